The molecule has 116 valence electrons. The lowest BCUT2D eigenvalue weighted by Crippen LogP contribution is -2.52. The summed E-state index contributed by atoms with van der Waals surface area (Å²) in [5.74, 6) is -1.47. The Hall–Kier alpha value is -2.22. The van der Waals surface area contributed by atoms with Crippen molar-refractivity contribution in [2.75, 3.05) is 13.7 Å². The van der Waals surface area contributed by atoms with E-state index < -0.39 is 22.2 Å². The van der Waals surface area contributed by atoms with Crippen LogP contribution in [0.3, 0.4) is 0 Å². The molecule has 0 aromatic heterocycles. The molecule has 0 fully saturated rings. The molecule has 1 rings (SSSR count). The predicted octanol–water partition coefficient (Wildman–Crippen LogP) is 1.27. The van der Waals surface area contributed by atoms with E-state index >= 15 is 0 Å². The van der Waals surface area contributed by atoms with Gasteiger partial charge in [0.25, 0.3) is 5.69 Å². The summed E-state index contributed by atoms with van der Waals surface area (Å²) in [6.07, 6.45) is 0.230. The summed E-state index contributed by atoms with van der Waals surface area (Å²) in [5, 5.41) is 13.5. The summed E-state index contributed by atoms with van der Waals surface area (Å²) in [4.78, 5) is 21.3. The summed E-state index contributed by atoms with van der Waals surface area (Å²) < 4.78 is 19.0. The molecule has 0 aliphatic rings. The van der Waals surface area contributed by atoms with E-state index in [9.17, 15) is 19.3 Å². The van der Waals surface area contributed by atoms with Gasteiger partial charge in [0.2, 0.25) is 5.91 Å². The van der Waals surface area contributed by atoms with E-state index in [0.29, 0.717) is 5.56 Å². The highest BCUT2D eigenvalue weighted by atomic mass is 19.1. The number of amides is 1. The number of carbonyl (C=O) groups is 1. The number of hydrogen-bond donors (Lipinski definition) is 2. The Morgan fingerprint density at radius 3 is 2.67 bits per heavy atom. The Morgan fingerprint density at radius 2 is 2.19 bits per heavy atom. The molecule has 1 amide bonds. The van der Waals surface area contributed by atoms with Crippen LogP contribution in [0.4, 0.5) is 10.1 Å². The number of hydrogen-bond acceptors (Lipinski definition) is 5. The number of halogens is 1. The van der Waals surface area contributed by atoms with Crippen LogP contribution in [-0.4, -0.2) is 30.0 Å². The van der Waals surface area contributed by atoms with E-state index in [0.717, 1.165) is 6.07 Å². The number of nitrogens with zero attached hydrogens (tertiary/aromatic N) is 1. The summed E-state index contributed by atoms with van der Waals surface area (Å²) in [6.45, 7) is 3.14. The van der Waals surface area contributed by atoms with Gasteiger partial charge < -0.3 is 15.8 Å². The molecule has 7 nitrogen and oxygen atoms in total. The fraction of sp³-hybridized carbons (Fsp3) is 0.462. The zero-order valence-electron chi connectivity index (χ0n) is 12.1. The Balaban J connectivity index is 2.79. The monoisotopic (exact) mass is 299 g/mol. The molecule has 0 saturated carbocycles. The van der Waals surface area contributed by atoms with E-state index in [4.69, 9.17) is 10.5 Å². The number of primary amides is 1. The maximum Gasteiger partial charge on any atom is 0.275 e. The second kappa shape index (κ2) is 6.49. The first kappa shape index (κ1) is 16.8. The fourth-order valence-electron chi connectivity index (χ4n) is 1.69. The van der Waals surface area contributed by atoms with Crippen molar-refractivity contribution in [2.45, 2.75) is 25.8 Å². The number of carbonyl (C=O) groups excluding carboxylic acids is 1. The van der Waals surface area contributed by atoms with Crippen LogP contribution < -0.4 is 15.8 Å². The molecule has 21 heavy (non-hydrogen) atoms. The largest absolute Gasteiger partial charge is 0.490 e. The smallest absolute Gasteiger partial charge is 0.275 e. The van der Waals surface area contributed by atoms with Crippen LogP contribution in [-0.2, 0) is 4.79 Å². The summed E-state index contributed by atoms with van der Waals surface area (Å²) in [7, 11) is 1.58. The highest BCUT2D eigenvalue weighted by molar-refractivity contribution is 5.84. The number of nitrogens with two attached hydrogens (primary N) is 1. The van der Waals surface area contributed by atoms with E-state index in [1.165, 1.54) is 13.0 Å². The van der Waals surface area contributed by atoms with E-state index in [1.54, 1.807) is 14.0 Å². The zero-order chi connectivity index (χ0) is 16.2. The maximum absolute atomic E-state index is 13.7. The van der Waals surface area contributed by atoms with E-state index in [1.807, 2.05) is 0 Å². The topological polar surface area (TPSA) is 107 Å². The highest BCUT2D eigenvalue weighted by Gasteiger charge is 2.29. The third-order valence-electron chi connectivity index (χ3n) is 3.40. The van der Waals surface area contributed by atoms with Gasteiger partial charge >= 0.3 is 0 Å². The number of rotatable bonds is 7. The summed E-state index contributed by atoms with van der Waals surface area (Å²) >= 11 is 0. The molecule has 1 aromatic rings. The van der Waals surface area contributed by atoms with Crippen LogP contribution >= 0.6 is 0 Å². The van der Waals surface area contributed by atoms with Gasteiger partial charge in [-0.05, 0) is 27.0 Å². The number of nitro benzene ring substituents is 1. The number of nitrogens with one attached hydrogen (secondary N) is 1. The molecule has 0 radical (unpaired) electrons. The molecule has 3 N–H and O–H groups in total. The molecule has 0 bridgehead atoms. The average molecular weight is 299 g/mol. The van der Waals surface area contributed by atoms with Crippen molar-refractivity contribution in [3.05, 3.63) is 33.6 Å². The minimum absolute atomic E-state index is 0.0362. The van der Waals surface area contributed by atoms with Crippen LogP contribution in [0.25, 0.3) is 0 Å². The molecule has 0 heterocycles. The molecule has 0 saturated heterocycles. The number of ether oxygens (including phenoxy) is 1. The molecule has 0 aliphatic carbocycles. The Kier molecular flexibility index (Phi) is 5.20. The van der Waals surface area contributed by atoms with Gasteiger partial charge in [-0.3, -0.25) is 14.9 Å². The molecular formula is C13H18FN3O4. The lowest BCUT2D eigenvalue weighted by Gasteiger charge is -2.25. The molecule has 8 heteroatoms. The maximum atomic E-state index is 13.7. The van der Waals surface area contributed by atoms with Gasteiger partial charge in [0.05, 0.1) is 23.1 Å². The SMILES string of the molecule is CNC(C)(CCOc1cc(C)c([N+](=O)[O-])cc1F)C(N)=O. The summed E-state index contributed by atoms with van der Waals surface area (Å²) in [5.41, 5.74) is 4.28. The lowest BCUT2D eigenvalue weighted by atomic mass is 9.98. The number of benzene rings is 1. The number of aryl methyl sites for hydroxylation is 1. The Labute approximate surface area is 121 Å². The van der Waals surface area contributed by atoms with Gasteiger partial charge in [-0.1, -0.05) is 0 Å². The summed E-state index contributed by atoms with van der Waals surface area (Å²) in [6, 6.07) is 2.07. The fourth-order valence-corrected chi connectivity index (χ4v) is 1.69. The zero-order valence-corrected chi connectivity index (χ0v) is 12.1. The molecular weight excluding hydrogens is 281 g/mol. The quantitative estimate of drug-likeness (QED) is 0.582. The van der Waals surface area contributed by atoms with Crippen molar-refractivity contribution in [1.82, 2.24) is 5.32 Å². The van der Waals surface area contributed by atoms with Gasteiger partial charge in [-0.15, -0.1) is 0 Å². The molecule has 0 spiro atoms. The van der Waals surface area contributed by atoms with Crippen LogP contribution in [0.5, 0.6) is 5.75 Å². The lowest BCUT2D eigenvalue weighted by molar-refractivity contribution is -0.385. The van der Waals surface area contributed by atoms with E-state index in [-0.39, 0.29) is 24.5 Å². The first-order valence-corrected chi connectivity index (χ1v) is 6.27. The van der Waals surface area contributed by atoms with Crippen LogP contribution in [0.2, 0.25) is 0 Å². The van der Waals surface area contributed by atoms with Crippen molar-refractivity contribution in [3.8, 4) is 5.75 Å². The number of nitro groups is 1. The molecule has 1 unspecified atom stereocenters. The third-order valence-corrected chi connectivity index (χ3v) is 3.40. The highest BCUT2D eigenvalue weighted by Crippen LogP contribution is 2.27. The average Bonchev–Trinajstić information content (AvgIpc) is 2.41. The van der Waals surface area contributed by atoms with Crippen LogP contribution in [0.15, 0.2) is 12.1 Å². The van der Waals surface area contributed by atoms with Crippen molar-refractivity contribution >= 4 is 11.6 Å². The second-order valence-corrected chi connectivity index (χ2v) is 4.87. The van der Waals surface area contributed by atoms with Gasteiger partial charge in [0.1, 0.15) is 0 Å². The van der Waals surface area contributed by atoms with Crippen LogP contribution in [0.1, 0.15) is 18.9 Å². The van der Waals surface area contributed by atoms with Crippen molar-refractivity contribution in [2.24, 2.45) is 5.73 Å². The van der Waals surface area contributed by atoms with Crippen molar-refractivity contribution in [3.63, 3.8) is 0 Å². The number of likely N-dealkylation sites (N-methyl/N-ethyl adjacent to an activating group) is 1. The minimum Gasteiger partial charge on any atom is -0.490 e. The predicted molar refractivity (Wildman–Crippen MR) is 74.6 cm³/mol. The third kappa shape index (κ3) is 3.88. The van der Waals surface area contributed by atoms with Crippen molar-refractivity contribution in [1.29, 1.82) is 0 Å². The Bertz CT molecular complexity index is 565. The van der Waals surface area contributed by atoms with Gasteiger partial charge in [-0.2, -0.15) is 0 Å². The molecule has 1 aromatic carbocycles. The van der Waals surface area contributed by atoms with Gasteiger partial charge in [0, 0.05) is 12.0 Å². The molecule has 0 aliphatic heterocycles. The Morgan fingerprint density at radius 1 is 1.57 bits per heavy atom. The minimum atomic E-state index is -0.966. The normalized spacial score (nSPS) is 13.5. The first-order chi connectivity index (χ1) is 9.71. The standard InChI is InChI=1S/C13H18FN3O4/c1-8-6-11(9(14)7-10(8)17(19)20)21-5-4-13(2,16-3)12(15)18/h6-7,16H,4-5H2,1-3H3,(H2,15,18). The van der Waals surface area contributed by atoms with Gasteiger partial charge in [0.15, 0.2) is 11.6 Å². The van der Waals surface area contributed by atoms with Crippen molar-refractivity contribution < 1.29 is 18.8 Å². The van der Waals surface area contributed by atoms with Gasteiger partial charge in [-0.25, -0.2) is 4.39 Å². The molecule has 1 atom stereocenters. The second-order valence-electron chi connectivity index (χ2n) is 4.87. The first-order valence-electron chi connectivity index (χ1n) is 6.27. The van der Waals surface area contributed by atoms with Crippen LogP contribution in [0, 0.1) is 22.9 Å². The van der Waals surface area contributed by atoms with E-state index in [2.05, 4.69) is 5.32 Å².